The van der Waals surface area contributed by atoms with E-state index >= 15 is 0 Å². The van der Waals surface area contributed by atoms with Crippen molar-refractivity contribution in [1.29, 1.82) is 0 Å². The summed E-state index contributed by atoms with van der Waals surface area (Å²) in [7, 11) is 1.50. The molecule has 0 atom stereocenters. The minimum Gasteiger partial charge on any atom is -0.370 e. The molecule has 98 valence electrons. The molecule has 1 fully saturated rings. The Morgan fingerprint density at radius 1 is 1.18 bits per heavy atom. The standard InChI is InChI=1S/C13H20N2.CH5N.H2/c1-11(2)13-7-6-12(10-14-13)15-8-4-3-5-9-15;1-2;/h6-7,10-11H,3-5,8-9H2,1-2H3;2H2,1H3;1H. The molecule has 1 aliphatic rings. The van der Waals surface area contributed by atoms with Crippen molar-refractivity contribution < 1.29 is 1.43 Å². The third-order valence-corrected chi connectivity index (χ3v) is 3.08. The summed E-state index contributed by atoms with van der Waals surface area (Å²) in [4.78, 5) is 6.96. The van der Waals surface area contributed by atoms with Crippen LogP contribution in [0.3, 0.4) is 0 Å². The number of rotatable bonds is 2. The van der Waals surface area contributed by atoms with Gasteiger partial charge in [0.05, 0.1) is 11.9 Å². The fourth-order valence-corrected chi connectivity index (χ4v) is 2.08. The second-order valence-electron chi connectivity index (χ2n) is 4.64. The fraction of sp³-hybridized carbons (Fsp3) is 0.643. The van der Waals surface area contributed by atoms with Crippen molar-refractivity contribution in [3.8, 4) is 0 Å². The molecule has 2 rings (SSSR count). The number of nitrogens with two attached hydrogens (primary N) is 1. The quantitative estimate of drug-likeness (QED) is 0.859. The molecule has 0 amide bonds. The van der Waals surface area contributed by atoms with Crippen molar-refractivity contribution in [3.05, 3.63) is 24.0 Å². The van der Waals surface area contributed by atoms with E-state index in [1.54, 1.807) is 0 Å². The van der Waals surface area contributed by atoms with Crippen molar-refractivity contribution in [1.82, 2.24) is 4.98 Å². The van der Waals surface area contributed by atoms with Crippen LogP contribution in [-0.4, -0.2) is 25.1 Å². The first-order chi connectivity index (χ1) is 8.27. The summed E-state index contributed by atoms with van der Waals surface area (Å²) in [6, 6.07) is 4.38. The van der Waals surface area contributed by atoms with Crippen LogP contribution in [0, 0.1) is 0 Å². The Hall–Kier alpha value is -1.09. The number of aromatic nitrogens is 1. The van der Waals surface area contributed by atoms with Gasteiger partial charge < -0.3 is 10.6 Å². The van der Waals surface area contributed by atoms with E-state index in [0.29, 0.717) is 5.92 Å². The maximum Gasteiger partial charge on any atom is 0.0552 e. The highest BCUT2D eigenvalue weighted by atomic mass is 15.1. The third-order valence-electron chi connectivity index (χ3n) is 3.08. The number of nitrogens with zero attached hydrogens (tertiary/aromatic N) is 2. The predicted molar refractivity (Wildman–Crippen MR) is 76.6 cm³/mol. The van der Waals surface area contributed by atoms with Crippen molar-refractivity contribution in [2.75, 3.05) is 25.0 Å². The molecule has 3 heteroatoms. The van der Waals surface area contributed by atoms with Crippen LogP contribution < -0.4 is 10.6 Å². The van der Waals surface area contributed by atoms with Crippen LogP contribution in [0.5, 0.6) is 0 Å². The molecule has 1 aromatic rings. The van der Waals surface area contributed by atoms with Gasteiger partial charge in [-0.1, -0.05) is 13.8 Å². The van der Waals surface area contributed by atoms with Gasteiger partial charge in [-0.25, -0.2) is 0 Å². The Morgan fingerprint density at radius 2 is 1.82 bits per heavy atom. The maximum absolute atomic E-state index is 4.51. The summed E-state index contributed by atoms with van der Waals surface area (Å²) in [6.07, 6.45) is 6.06. The van der Waals surface area contributed by atoms with Crippen LogP contribution in [0.25, 0.3) is 0 Å². The molecule has 0 spiro atoms. The number of anilines is 1. The highest BCUT2D eigenvalue weighted by Gasteiger charge is 2.11. The number of piperidine rings is 1. The molecule has 1 aromatic heterocycles. The second kappa shape index (κ2) is 7.28. The topological polar surface area (TPSA) is 42.2 Å². The third kappa shape index (κ3) is 4.00. The Morgan fingerprint density at radius 3 is 2.29 bits per heavy atom. The van der Waals surface area contributed by atoms with E-state index < -0.39 is 0 Å². The largest absolute Gasteiger partial charge is 0.370 e. The van der Waals surface area contributed by atoms with Crippen molar-refractivity contribution >= 4 is 5.69 Å². The first kappa shape index (κ1) is 14.0. The fourth-order valence-electron chi connectivity index (χ4n) is 2.08. The molecule has 1 aliphatic heterocycles. The van der Waals surface area contributed by atoms with Crippen LogP contribution in [0.4, 0.5) is 5.69 Å². The minimum atomic E-state index is 0. The molecule has 0 aliphatic carbocycles. The molecule has 3 nitrogen and oxygen atoms in total. The lowest BCUT2D eigenvalue weighted by molar-refractivity contribution is 0.577. The molecular formula is C14H27N3. The number of hydrogen-bond donors (Lipinski definition) is 1. The van der Waals surface area contributed by atoms with Gasteiger partial charge in [-0.2, -0.15) is 0 Å². The zero-order valence-corrected chi connectivity index (χ0v) is 11.3. The van der Waals surface area contributed by atoms with Crippen molar-refractivity contribution in [3.63, 3.8) is 0 Å². The first-order valence-electron chi connectivity index (χ1n) is 6.56. The van der Waals surface area contributed by atoms with Gasteiger partial charge in [-0.15, -0.1) is 0 Å². The Kier molecular flexibility index (Phi) is 5.98. The summed E-state index contributed by atoms with van der Waals surface area (Å²) in [5.41, 5.74) is 6.98. The SMILES string of the molecule is CC(C)c1ccc(N2CCCCC2)cn1.CN.[HH]. The highest BCUT2D eigenvalue weighted by molar-refractivity contribution is 5.45. The molecule has 0 radical (unpaired) electrons. The molecule has 2 N–H and O–H groups in total. The van der Waals surface area contributed by atoms with Gasteiger partial charge in [0.1, 0.15) is 0 Å². The summed E-state index contributed by atoms with van der Waals surface area (Å²) in [5, 5.41) is 0. The smallest absolute Gasteiger partial charge is 0.0552 e. The average molecular weight is 237 g/mol. The lowest BCUT2D eigenvalue weighted by Crippen LogP contribution is -2.29. The van der Waals surface area contributed by atoms with Gasteiger partial charge >= 0.3 is 0 Å². The summed E-state index contributed by atoms with van der Waals surface area (Å²) >= 11 is 0. The van der Waals surface area contributed by atoms with Gasteiger partial charge in [-0.05, 0) is 44.4 Å². The molecule has 1 saturated heterocycles. The Bertz CT molecular complexity index is 305. The monoisotopic (exact) mass is 237 g/mol. The van der Waals surface area contributed by atoms with Crippen molar-refractivity contribution in [2.24, 2.45) is 5.73 Å². The Labute approximate surface area is 107 Å². The van der Waals surface area contributed by atoms with Crippen LogP contribution in [0.2, 0.25) is 0 Å². The van der Waals surface area contributed by atoms with Crippen LogP contribution in [0.1, 0.15) is 46.1 Å². The van der Waals surface area contributed by atoms with Gasteiger partial charge in [0.15, 0.2) is 0 Å². The second-order valence-corrected chi connectivity index (χ2v) is 4.64. The van der Waals surface area contributed by atoms with Crippen molar-refractivity contribution in [2.45, 2.75) is 39.0 Å². The zero-order chi connectivity index (χ0) is 12.7. The average Bonchev–Trinajstić information content (AvgIpc) is 2.42. The summed E-state index contributed by atoms with van der Waals surface area (Å²) in [5.74, 6) is 0.528. The zero-order valence-electron chi connectivity index (χ0n) is 11.3. The van der Waals surface area contributed by atoms with E-state index in [1.807, 2.05) is 6.20 Å². The normalized spacial score (nSPS) is 15.5. The molecule has 0 aromatic carbocycles. The van der Waals surface area contributed by atoms with Crippen LogP contribution in [0.15, 0.2) is 18.3 Å². The number of pyridine rings is 1. The van der Waals surface area contributed by atoms with Gasteiger partial charge in [0.2, 0.25) is 0 Å². The van der Waals surface area contributed by atoms with Gasteiger partial charge in [-0.3, -0.25) is 4.98 Å². The highest BCUT2D eigenvalue weighted by Crippen LogP contribution is 2.20. The molecule has 0 unspecified atom stereocenters. The van der Waals surface area contributed by atoms with E-state index in [9.17, 15) is 0 Å². The Balaban J connectivity index is 0.000000917. The van der Waals surface area contributed by atoms with E-state index in [4.69, 9.17) is 0 Å². The van der Waals surface area contributed by atoms with Crippen LogP contribution >= 0.6 is 0 Å². The maximum atomic E-state index is 4.51. The van der Waals surface area contributed by atoms with Gasteiger partial charge in [0, 0.05) is 20.2 Å². The van der Waals surface area contributed by atoms with Crippen LogP contribution in [-0.2, 0) is 0 Å². The van der Waals surface area contributed by atoms with Gasteiger partial charge in [0.25, 0.3) is 0 Å². The molecule has 17 heavy (non-hydrogen) atoms. The molecular weight excluding hydrogens is 210 g/mol. The lowest BCUT2D eigenvalue weighted by atomic mass is 10.1. The van der Waals surface area contributed by atoms with E-state index in [2.05, 4.69) is 41.6 Å². The molecule has 0 saturated carbocycles. The first-order valence-corrected chi connectivity index (χ1v) is 6.56. The molecule has 2 heterocycles. The van der Waals surface area contributed by atoms with E-state index in [0.717, 1.165) is 0 Å². The predicted octanol–water partition coefficient (Wildman–Crippen LogP) is 3.02. The summed E-state index contributed by atoms with van der Waals surface area (Å²) in [6.45, 7) is 6.76. The lowest BCUT2D eigenvalue weighted by Gasteiger charge is -2.28. The number of hydrogen-bond acceptors (Lipinski definition) is 3. The minimum absolute atomic E-state index is 0. The van der Waals surface area contributed by atoms with E-state index in [-0.39, 0.29) is 1.43 Å². The summed E-state index contributed by atoms with van der Waals surface area (Å²) < 4.78 is 0. The molecule has 0 bridgehead atoms. The van der Waals surface area contributed by atoms with E-state index in [1.165, 1.54) is 50.8 Å².